The van der Waals surface area contributed by atoms with Crippen LogP contribution in [0.4, 0.5) is 0 Å². The summed E-state index contributed by atoms with van der Waals surface area (Å²) in [7, 11) is 0. The van der Waals surface area contributed by atoms with Crippen LogP contribution >= 0.6 is 12.2 Å². The van der Waals surface area contributed by atoms with E-state index in [4.69, 9.17) is 12.2 Å². The number of benzene rings is 1. The second-order valence-electron chi connectivity index (χ2n) is 5.87. The van der Waals surface area contributed by atoms with Gasteiger partial charge in [-0.05, 0) is 43.6 Å². The van der Waals surface area contributed by atoms with Crippen molar-refractivity contribution >= 4 is 29.3 Å². The van der Waals surface area contributed by atoms with Gasteiger partial charge in [0.2, 0.25) is 0 Å². The third-order valence-electron chi connectivity index (χ3n) is 4.24. The van der Waals surface area contributed by atoms with E-state index >= 15 is 0 Å². The van der Waals surface area contributed by atoms with E-state index in [0.717, 1.165) is 18.4 Å². The van der Waals surface area contributed by atoms with Crippen molar-refractivity contribution in [1.82, 2.24) is 10.2 Å². The first kappa shape index (κ1) is 14.3. The summed E-state index contributed by atoms with van der Waals surface area (Å²) in [4.78, 5) is 14.4. The SMILES string of the molecule is Cc1ccc(/C=C2\NC(=S)N(C3CCCCC3)C2=O)cc1. The number of hydrogen-bond donors (Lipinski definition) is 1. The second kappa shape index (κ2) is 5.98. The lowest BCUT2D eigenvalue weighted by Gasteiger charge is -2.29. The van der Waals surface area contributed by atoms with E-state index < -0.39 is 0 Å². The van der Waals surface area contributed by atoms with Gasteiger partial charge in [0.05, 0.1) is 0 Å². The minimum Gasteiger partial charge on any atom is -0.328 e. The number of aryl methyl sites for hydroxylation is 1. The Morgan fingerprint density at radius 3 is 2.52 bits per heavy atom. The molecule has 1 aliphatic carbocycles. The molecule has 0 atom stereocenters. The zero-order valence-corrected chi connectivity index (χ0v) is 13.1. The highest BCUT2D eigenvalue weighted by Crippen LogP contribution is 2.26. The Hall–Kier alpha value is -1.68. The highest BCUT2D eigenvalue weighted by molar-refractivity contribution is 7.80. The lowest BCUT2D eigenvalue weighted by Crippen LogP contribution is -2.41. The van der Waals surface area contributed by atoms with Gasteiger partial charge in [0.15, 0.2) is 5.11 Å². The topological polar surface area (TPSA) is 32.3 Å². The second-order valence-corrected chi connectivity index (χ2v) is 6.25. The molecule has 3 rings (SSSR count). The molecule has 0 unspecified atom stereocenters. The molecule has 1 aromatic rings. The number of nitrogens with zero attached hydrogens (tertiary/aromatic N) is 1. The van der Waals surface area contributed by atoms with Crippen molar-refractivity contribution < 1.29 is 4.79 Å². The Bertz CT molecular complexity index is 585. The molecule has 4 heteroatoms. The molecule has 0 bridgehead atoms. The van der Waals surface area contributed by atoms with Crippen LogP contribution in [0, 0.1) is 6.92 Å². The molecule has 2 fully saturated rings. The van der Waals surface area contributed by atoms with Crippen molar-refractivity contribution in [2.24, 2.45) is 0 Å². The average molecular weight is 300 g/mol. The largest absolute Gasteiger partial charge is 0.328 e. The first-order valence-electron chi connectivity index (χ1n) is 7.58. The number of hydrogen-bond acceptors (Lipinski definition) is 2. The molecule has 1 aromatic carbocycles. The Labute approximate surface area is 131 Å². The fourth-order valence-electron chi connectivity index (χ4n) is 3.05. The van der Waals surface area contributed by atoms with Crippen LogP contribution in [0.1, 0.15) is 43.2 Å². The van der Waals surface area contributed by atoms with Crippen molar-refractivity contribution in [1.29, 1.82) is 0 Å². The normalized spacial score (nSPS) is 22.0. The summed E-state index contributed by atoms with van der Waals surface area (Å²) in [6.07, 6.45) is 7.65. The highest BCUT2D eigenvalue weighted by Gasteiger charge is 2.36. The third kappa shape index (κ3) is 3.00. The predicted molar refractivity (Wildman–Crippen MR) is 88.6 cm³/mol. The molecule has 1 aliphatic heterocycles. The number of carbonyl (C=O) groups is 1. The highest BCUT2D eigenvalue weighted by atomic mass is 32.1. The van der Waals surface area contributed by atoms with Crippen LogP contribution in [-0.2, 0) is 4.79 Å². The lowest BCUT2D eigenvalue weighted by atomic mass is 9.94. The molecule has 0 spiro atoms. The van der Waals surface area contributed by atoms with E-state index in [1.54, 1.807) is 4.90 Å². The van der Waals surface area contributed by atoms with Gasteiger partial charge in [-0.15, -0.1) is 0 Å². The Balaban J connectivity index is 1.80. The van der Waals surface area contributed by atoms with Crippen molar-refractivity contribution in [2.45, 2.75) is 45.1 Å². The quantitative estimate of drug-likeness (QED) is 0.671. The van der Waals surface area contributed by atoms with E-state index in [1.165, 1.54) is 24.8 Å². The molecule has 1 amide bonds. The van der Waals surface area contributed by atoms with E-state index in [-0.39, 0.29) is 11.9 Å². The molecule has 1 N–H and O–H groups in total. The molecule has 110 valence electrons. The number of carbonyl (C=O) groups excluding carboxylic acids is 1. The maximum atomic E-state index is 12.6. The fourth-order valence-corrected chi connectivity index (χ4v) is 3.39. The van der Waals surface area contributed by atoms with E-state index in [9.17, 15) is 4.79 Å². The summed E-state index contributed by atoms with van der Waals surface area (Å²) in [5.41, 5.74) is 2.82. The third-order valence-corrected chi connectivity index (χ3v) is 4.54. The maximum Gasteiger partial charge on any atom is 0.276 e. The van der Waals surface area contributed by atoms with Crippen molar-refractivity contribution in [3.63, 3.8) is 0 Å². The van der Waals surface area contributed by atoms with Gasteiger partial charge in [0, 0.05) is 6.04 Å². The minimum atomic E-state index is 0.0208. The first-order chi connectivity index (χ1) is 10.1. The first-order valence-corrected chi connectivity index (χ1v) is 7.99. The lowest BCUT2D eigenvalue weighted by molar-refractivity contribution is -0.124. The summed E-state index contributed by atoms with van der Waals surface area (Å²) in [5, 5.41) is 3.64. The monoisotopic (exact) mass is 300 g/mol. The minimum absolute atomic E-state index is 0.0208. The van der Waals surface area contributed by atoms with Gasteiger partial charge in [0.25, 0.3) is 5.91 Å². The number of thiocarbonyl (C=S) groups is 1. The van der Waals surface area contributed by atoms with Crippen LogP contribution in [0.5, 0.6) is 0 Å². The van der Waals surface area contributed by atoms with Gasteiger partial charge in [-0.3, -0.25) is 9.69 Å². The molecule has 1 saturated carbocycles. The van der Waals surface area contributed by atoms with Crippen LogP contribution in [0.15, 0.2) is 30.0 Å². The summed E-state index contributed by atoms with van der Waals surface area (Å²) >= 11 is 5.37. The smallest absolute Gasteiger partial charge is 0.276 e. The molecule has 3 nitrogen and oxygen atoms in total. The zero-order valence-electron chi connectivity index (χ0n) is 12.3. The summed E-state index contributed by atoms with van der Waals surface area (Å²) in [5.74, 6) is 0.0208. The average Bonchev–Trinajstić information content (AvgIpc) is 2.77. The molecule has 0 radical (unpaired) electrons. The van der Waals surface area contributed by atoms with Gasteiger partial charge in [0.1, 0.15) is 5.70 Å². The zero-order chi connectivity index (χ0) is 14.8. The Morgan fingerprint density at radius 1 is 1.19 bits per heavy atom. The maximum absolute atomic E-state index is 12.6. The number of rotatable bonds is 2. The van der Waals surface area contributed by atoms with Gasteiger partial charge < -0.3 is 5.32 Å². The van der Waals surface area contributed by atoms with E-state index in [2.05, 4.69) is 12.2 Å². The predicted octanol–water partition coefficient (Wildman–Crippen LogP) is 3.39. The molecular formula is C17H20N2OS. The Morgan fingerprint density at radius 2 is 1.86 bits per heavy atom. The van der Waals surface area contributed by atoms with Crippen LogP contribution in [0.25, 0.3) is 6.08 Å². The van der Waals surface area contributed by atoms with Crippen LogP contribution in [-0.4, -0.2) is 22.0 Å². The summed E-state index contributed by atoms with van der Waals surface area (Å²) in [6, 6.07) is 8.40. The van der Waals surface area contributed by atoms with Crippen LogP contribution in [0.2, 0.25) is 0 Å². The molecule has 21 heavy (non-hydrogen) atoms. The van der Waals surface area contributed by atoms with Gasteiger partial charge >= 0.3 is 0 Å². The molecule has 0 aromatic heterocycles. The van der Waals surface area contributed by atoms with Crippen LogP contribution < -0.4 is 5.32 Å². The molecule has 1 saturated heterocycles. The van der Waals surface area contributed by atoms with Crippen molar-refractivity contribution in [3.8, 4) is 0 Å². The standard InChI is InChI=1S/C17H20N2OS/c1-12-7-9-13(10-8-12)11-15-16(20)19(17(21)18-15)14-5-3-2-4-6-14/h7-11,14H,2-6H2,1H3,(H,18,21)/b15-11-. The van der Waals surface area contributed by atoms with Crippen LogP contribution in [0.3, 0.4) is 0 Å². The number of nitrogens with one attached hydrogen (secondary N) is 1. The Kier molecular flexibility index (Phi) is 4.06. The number of amides is 1. The summed E-state index contributed by atoms with van der Waals surface area (Å²) < 4.78 is 0. The van der Waals surface area contributed by atoms with E-state index in [1.807, 2.05) is 30.3 Å². The van der Waals surface area contributed by atoms with Gasteiger partial charge in [-0.25, -0.2) is 0 Å². The van der Waals surface area contributed by atoms with Crippen molar-refractivity contribution in [2.75, 3.05) is 0 Å². The fraction of sp³-hybridized carbons (Fsp3) is 0.412. The van der Waals surface area contributed by atoms with Crippen molar-refractivity contribution in [3.05, 3.63) is 41.1 Å². The van der Waals surface area contributed by atoms with E-state index in [0.29, 0.717) is 10.8 Å². The summed E-state index contributed by atoms with van der Waals surface area (Å²) in [6.45, 7) is 2.05. The molecular weight excluding hydrogens is 280 g/mol. The van der Waals surface area contributed by atoms with Gasteiger partial charge in [-0.1, -0.05) is 49.1 Å². The van der Waals surface area contributed by atoms with Gasteiger partial charge in [-0.2, -0.15) is 0 Å². The molecule has 1 heterocycles. The molecule has 2 aliphatic rings.